The van der Waals surface area contributed by atoms with E-state index in [4.69, 9.17) is 9.47 Å². The van der Waals surface area contributed by atoms with E-state index in [1.807, 2.05) is 24.3 Å². The number of amides is 1. The minimum Gasteiger partial charge on any atom is -0.492 e. The average molecular weight is 370 g/mol. The summed E-state index contributed by atoms with van der Waals surface area (Å²) in [6.45, 7) is 6.63. The van der Waals surface area contributed by atoms with Gasteiger partial charge in [-0.3, -0.25) is 9.69 Å². The van der Waals surface area contributed by atoms with Crippen LogP contribution in [0.2, 0.25) is 0 Å². The second-order valence-corrected chi connectivity index (χ2v) is 6.32. The fourth-order valence-corrected chi connectivity index (χ4v) is 3.08. The molecular weight excluding hydrogens is 342 g/mol. The van der Waals surface area contributed by atoms with Gasteiger partial charge in [0.05, 0.1) is 19.3 Å². The molecule has 0 spiro atoms. The van der Waals surface area contributed by atoms with E-state index in [0.29, 0.717) is 13.2 Å². The van der Waals surface area contributed by atoms with Crippen molar-refractivity contribution >= 4 is 18.3 Å². The standard InChI is InChI=1S/C18H27N3O3.ClH/c22-18(17-5-2-6-19-17)20-14-15-3-1-4-16(13-15)24-12-9-21-7-10-23-11-8-21;/h1,3-4,13,17,19H,2,5-12,14H2,(H,20,22);1H/t17-;/m0./s1. The maximum atomic E-state index is 12.0. The number of morpholine rings is 1. The number of ether oxygens (including phenoxy) is 2. The molecule has 1 aromatic rings. The Balaban J connectivity index is 0.00000225. The summed E-state index contributed by atoms with van der Waals surface area (Å²) in [5.74, 6) is 0.945. The van der Waals surface area contributed by atoms with Crippen molar-refractivity contribution in [2.45, 2.75) is 25.4 Å². The molecule has 1 amide bonds. The third-order valence-corrected chi connectivity index (χ3v) is 4.52. The zero-order valence-electron chi connectivity index (χ0n) is 14.5. The van der Waals surface area contributed by atoms with Gasteiger partial charge in [-0.15, -0.1) is 12.4 Å². The van der Waals surface area contributed by atoms with Gasteiger partial charge < -0.3 is 20.1 Å². The van der Waals surface area contributed by atoms with Gasteiger partial charge in [0, 0.05) is 26.2 Å². The predicted molar refractivity (Wildman–Crippen MR) is 99.3 cm³/mol. The molecule has 2 saturated heterocycles. The molecule has 2 N–H and O–H groups in total. The number of hydrogen-bond acceptors (Lipinski definition) is 5. The third kappa shape index (κ3) is 6.47. The molecule has 140 valence electrons. The van der Waals surface area contributed by atoms with Gasteiger partial charge in [0.15, 0.2) is 0 Å². The summed E-state index contributed by atoms with van der Waals surface area (Å²) < 4.78 is 11.2. The fourth-order valence-electron chi connectivity index (χ4n) is 3.08. The molecule has 2 heterocycles. The minimum atomic E-state index is -0.0297. The van der Waals surface area contributed by atoms with E-state index in [-0.39, 0.29) is 24.4 Å². The number of rotatable bonds is 7. The lowest BCUT2D eigenvalue weighted by Gasteiger charge is -2.26. The number of carbonyl (C=O) groups excluding carboxylic acids is 1. The van der Waals surface area contributed by atoms with Crippen molar-refractivity contribution in [3.63, 3.8) is 0 Å². The van der Waals surface area contributed by atoms with Crippen LogP contribution in [0.1, 0.15) is 18.4 Å². The predicted octanol–water partition coefficient (Wildman–Crippen LogP) is 1.19. The van der Waals surface area contributed by atoms with Crippen LogP contribution in [0, 0.1) is 0 Å². The smallest absolute Gasteiger partial charge is 0.237 e. The molecule has 3 rings (SSSR count). The zero-order valence-corrected chi connectivity index (χ0v) is 15.4. The Kier molecular flexibility index (Phi) is 8.48. The first kappa shape index (κ1) is 20.0. The first-order chi connectivity index (χ1) is 11.8. The van der Waals surface area contributed by atoms with Crippen molar-refractivity contribution in [1.29, 1.82) is 0 Å². The molecule has 0 saturated carbocycles. The monoisotopic (exact) mass is 369 g/mol. The van der Waals surface area contributed by atoms with Crippen LogP contribution in [-0.2, 0) is 16.1 Å². The molecule has 2 aliphatic rings. The molecule has 0 aromatic heterocycles. The van der Waals surface area contributed by atoms with Crippen LogP contribution in [0.4, 0.5) is 0 Å². The lowest BCUT2D eigenvalue weighted by Crippen LogP contribution is -2.40. The number of nitrogens with zero attached hydrogens (tertiary/aromatic N) is 1. The first-order valence-electron chi connectivity index (χ1n) is 8.84. The molecule has 25 heavy (non-hydrogen) atoms. The molecule has 0 radical (unpaired) electrons. The highest BCUT2D eigenvalue weighted by atomic mass is 35.5. The van der Waals surface area contributed by atoms with E-state index in [1.54, 1.807) is 0 Å². The van der Waals surface area contributed by atoms with Crippen LogP contribution in [0.5, 0.6) is 5.75 Å². The van der Waals surface area contributed by atoms with Gasteiger partial charge in [-0.05, 0) is 37.1 Å². The largest absolute Gasteiger partial charge is 0.492 e. The maximum absolute atomic E-state index is 12.0. The van der Waals surface area contributed by atoms with Crippen LogP contribution in [0.15, 0.2) is 24.3 Å². The summed E-state index contributed by atoms with van der Waals surface area (Å²) >= 11 is 0. The van der Waals surface area contributed by atoms with Crippen molar-refractivity contribution in [1.82, 2.24) is 15.5 Å². The number of carbonyl (C=O) groups is 1. The minimum absolute atomic E-state index is 0. The highest BCUT2D eigenvalue weighted by molar-refractivity contribution is 5.85. The van der Waals surface area contributed by atoms with Crippen molar-refractivity contribution in [3.8, 4) is 5.75 Å². The lowest BCUT2D eigenvalue weighted by atomic mass is 10.2. The Hall–Kier alpha value is -1.34. The average Bonchev–Trinajstić information content (AvgIpc) is 3.16. The van der Waals surface area contributed by atoms with E-state index < -0.39 is 0 Å². The molecule has 0 bridgehead atoms. The normalized spacial score (nSPS) is 20.7. The second-order valence-electron chi connectivity index (χ2n) is 6.32. The van der Waals surface area contributed by atoms with Crippen LogP contribution in [0.3, 0.4) is 0 Å². The summed E-state index contributed by atoms with van der Waals surface area (Å²) in [6.07, 6.45) is 2.00. The van der Waals surface area contributed by atoms with E-state index in [0.717, 1.165) is 63.5 Å². The highest BCUT2D eigenvalue weighted by Gasteiger charge is 2.21. The highest BCUT2D eigenvalue weighted by Crippen LogP contribution is 2.14. The maximum Gasteiger partial charge on any atom is 0.237 e. The van der Waals surface area contributed by atoms with Gasteiger partial charge in [0.2, 0.25) is 5.91 Å². The number of nitrogens with one attached hydrogen (secondary N) is 2. The molecular formula is C18H28ClN3O3. The number of halogens is 1. The van der Waals surface area contributed by atoms with E-state index in [9.17, 15) is 4.79 Å². The van der Waals surface area contributed by atoms with E-state index in [2.05, 4.69) is 15.5 Å². The zero-order chi connectivity index (χ0) is 16.6. The van der Waals surface area contributed by atoms with E-state index >= 15 is 0 Å². The molecule has 6 nitrogen and oxygen atoms in total. The summed E-state index contributed by atoms with van der Waals surface area (Å²) in [5, 5.41) is 6.21. The molecule has 2 aliphatic heterocycles. The van der Waals surface area contributed by atoms with Gasteiger partial charge in [0.1, 0.15) is 12.4 Å². The van der Waals surface area contributed by atoms with Crippen LogP contribution in [-0.4, -0.2) is 62.8 Å². The van der Waals surface area contributed by atoms with Crippen molar-refractivity contribution < 1.29 is 14.3 Å². The second kappa shape index (κ2) is 10.6. The number of hydrogen-bond donors (Lipinski definition) is 2. The number of benzene rings is 1. The Morgan fingerprint density at radius 3 is 2.96 bits per heavy atom. The summed E-state index contributed by atoms with van der Waals surface area (Å²) in [7, 11) is 0. The lowest BCUT2D eigenvalue weighted by molar-refractivity contribution is -0.122. The van der Waals surface area contributed by atoms with Gasteiger partial charge in [0.25, 0.3) is 0 Å². The summed E-state index contributed by atoms with van der Waals surface area (Å²) in [4.78, 5) is 14.4. The molecule has 0 aliphatic carbocycles. The van der Waals surface area contributed by atoms with Crippen molar-refractivity contribution in [3.05, 3.63) is 29.8 Å². The van der Waals surface area contributed by atoms with Gasteiger partial charge in [-0.2, -0.15) is 0 Å². The van der Waals surface area contributed by atoms with Crippen LogP contribution >= 0.6 is 12.4 Å². The SMILES string of the molecule is Cl.O=C(NCc1cccc(OCCN2CCOCC2)c1)[C@@H]1CCCN1. The van der Waals surface area contributed by atoms with E-state index in [1.165, 1.54) is 0 Å². The molecule has 1 atom stereocenters. The van der Waals surface area contributed by atoms with Crippen LogP contribution < -0.4 is 15.4 Å². The molecule has 1 aromatic carbocycles. The van der Waals surface area contributed by atoms with Gasteiger partial charge >= 0.3 is 0 Å². The van der Waals surface area contributed by atoms with Gasteiger partial charge in [-0.1, -0.05) is 12.1 Å². The van der Waals surface area contributed by atoms with Crippen LogP contribution in [0.25, 0.3) is 0 Å². The summed E-state index contributed by atoms with van der Waals surface area (Å²) in [6, 6.07) is 7.92. The fraction of sp³-hybridized carbons (Fsp3) is 0.611. The van der Waals surface area contributed by atoms with Gasteiger partial charge in [-0.25, -0.2) is 0 Å². The third-order valence-electron chi connectivity index (χ3n) is 4.52. The first-order valence-corrected chi connectivity index (χ1v) is 8.84. The Bertz CT molecular complexity index is 532. The Morgan fingerprint density at radius 2 is 2.20 bits per heavy atom. The summed E-state index contributed by atoms with van der Waals surface area (Å²) in [5.41, 5.74) is 1.06. The molecule has 7 heteroatoms. The molecule has 2 fully saturated rings. The Morgan fingerprint density at radius 1 is 1.36 bits per heavy atom. The van der Waals surface area contributed by atoms with Crippen molar-refractivity contribution in [2.75, 3.05) is 46.0 Å². The quantitative estimate of drug-likeness (QED) is 0.756. The Labute approximate surface area is 155 Å². The topological polar surface area (TPSA) is 62.8 Å². The van der Waals surface area contributed by atoms with Crippen molar-refractivity contribution in [2.24, 2.45) is 0 Å². The molecule has 0 unspecified atom stereocenters.